The van der Waals surface area contributed by atoms with E-state index in [0.29, 0.717) is 0 Å². The molecule has 0 aliphatic heterocycles. The van der Waals surface area contributed by atoms with Crippen LogP contribution in [0.25, 0.3) is 280 Å². The van der Waals surface area contributed by atoms with Gasteiger partial charge in [-0.3, -0.25) is 4.98 Å². The molecule has 590 valence electrons. The van der Waals surface area contributed by atoms with Gasteiger partial charge in [0.05, 0.1) is 27.6 Å². The van der Waals surface area contributed by atoms with Crippen LogP contribution in [0.2, 0.25) is 0 Å². The molecule has 0 saturated carbocycles. The van der Waals surface area contributed by atoms with Gasteiger partial charge in [-0.2, -0.15) is 0 Å². The van der Waals surface area contributed by atoms with E-state index in [9.17, 15) is 0 Å². The molecular formula is C119H67N7Se2. The first-order valence-corrected chi connectivity index (χ1v) is 47.2. The summed E-state index contributed by atoms with van der Waals surface area (Å²) in [5, 5.41) is 32.2. The molecule has 0 amide bonds. The summed E-state index contributed by atoms with van der Waals surface area (Å²) in [7, 11) is 0. The van der Waals surface area contributed by atoms with Crippen molar-refractivity contribution in [3.05, 3.63) is 407 Å². The fourth-order valence-electron chi connectivity index (χ4n) is 22.8. The van der Waals surface area contributed by atoms with E-state index >= 15 is 0 Å². The number of rotatable bonds is 4. The quantitative estimate of drug-likeness (QED) is 0.130. The number of nitrogens with zero attached hydrogens (tertiary/aromatic N) is 7. The van der Waals surface area contributed by atoms with Gasteiger partial charge in [0.2, 0.25) is 0 Å². The van der Waals surface area contributed by atoms with Gasteiger partial charge in [0.15, 0.2) is 0 Å². The van der Waals surface area contributed by atoms with Crippen LogP contribution in [0.1, 0.15) is 0 Å². The number of para-hydroxylation sites is 5. The van der Waals surface area contributed by atoms with Crippen LogP contribution < -0.4 is 0 Å². The Morgan fingerprint density at radius 3 is 1.10 bits per heavy atom. The molecule has 2 aliphatic rings. The number of fused-ring (bicyclic) bond motifs is 42. The van der Waals surface area contributed by atoms with Crippen molar-refractivity contribution < 1.29 is 0 Å². The molecule has 9 heterocycles. The Hall–Kier alpha value is -15.8. The average molecular weight is 1750 g/mol. The normalized spacial score (nSPS) is 12.4. The number of hydrogen-bond acceptors (Lipinski definition) is 3. The molecule has 128 heavy (non-hydrogen) atoms. The van der Waals surface area contributed by atoms with E-state index in [1.165, 1.54) is 241 Å². The molecule has 31 rings (SSSR count). The summed E-state index contributed by atoms with van der Waals surface area (Å²) in [6.07, 6.45) is 5.83. The van der Waals surface area contributed by atoms with Crippen molar-refractivity contribution in [2.75, 3.05) is 0 Å². The monoisotopic (exact) mass is 1750 g/mol. The molecule has 0 N–H and O–H groups in total. The van der Waals surface area contributed by atoms with Gasteiger partial charge in [-0.15, -0.1) is 0 Å². The summed E-state index contributed by atoms with van der Waals surface area (Å²) in [5.41, 5.74) is 28.5. The predicted octanol–water partition coefficient (Wildman–Crippen LogP) is 30.9. The Morgan fingerprint density at radius 2 is 0.539 bits per heavy atom. The molecule has 0 unspecified atom stereocenters. The predicted molar refractivity (Wildman–Crippen MR) is 543 cm³/mol. The van der Waals surface area contributed by atoms with Crippen LogP contribution in [0.4, 0.5) is 0 Å². The zero-order chi connectivity index (χ0) is 83.2. The van der Waals surface area contributed by atoms with E-state index in [-0.39, 0.29) is 29.0 Å². The maximum absolute atomic E-state index is 5.10. The third-order valence-electron chi connectivity index (χ3n) is 27.8. The number of benzene rings is 20. The minimum atomic E-state index is 0.206. The Labute approximate surface area is 742 Å². The number of pyridine rings is 3. The van der Waals surface area contributed by atoms with Gasteiger partial charge in [-0.1, -0.05) is 115 Å². The zero-order valence-electron chi connectivity index (χ0n) is 68.6. The average Bonchev–Trinajstić information content (AvgIpc) is 1.54. The van der Waals surface area contributed by atoms with Gasteiger partial charge in [0.1, 0.15) is 0 Å². The van der Waals surface area contributed by atoms with E-state index < -0.39 is 0 Å². The molecular weight excluding hydrogens is 1690 g/mol. The van der Waals surface area contributed by atoms with E-state index in [1.807, 2.05) is 18.6 Å². The molecule has 0 bridgehead atoms. The molecule has 0 saturated heterocycles. The fraction of sp³-hybridized carbons (Fsp3) is 0. The van der Waals surface area contributed by atoms with Crippen LogP contribution in [0.3, 0.4) is 0 Å². The van der Waals surface area contributed by atoms with Gasteiger partial charge in [-0.05, 0) is 74.8 Å². The van der Waals surface area contributed by atoms with E-state index in [0.717, 1.165) is 38.8 Å². The van der Waals surface area contributed by atoms with Gasteiger partial charge in [0.25, 0.3) is 0 Å². The molecule has 2 aliphatic carbocycles. The Morgan fingerprint density at radius 1 is 0.180 bits per heavy atom. The van der Waals surface area contributed by atoms with Gasteiger partial charge < -0.3 is 9.13 Å². The van der Waals surface area contributed by atoms with Gasteiger partial charge in [0, 0.05) is 44.5 Å². The number of aromatic nitrogens is 7. The summed E-state index contributed by atoms with van der Waals surface area (Å²) in [4.78, 5) is 15.1. The summed E-state index contributed by atoms with van der Waals surface area (Å²) in [6.45, 7) is 0. The summed E-state index contributed by atoms with van der Waals surface area (Å²) in [5.74, 6) is 0. The second kappa shape index (κ2) is 26.9. The minimum absolute atomic E-state index is 0.206. The van der Waals surface area contributed by atoms with E-state index in [4.69, 9.17) is 15.0 Å². The first-order valence-electron chi connectivity index (χ1n) is 43.8. The Kier molecular flexibility index (Phi) is 14.8. The van der Waals surface area contributed by atoms with Crippen LogP contribution >= 0.6 is 0 Å². The van der Waals surface area contributed by atoms with Crippen molar-refractivity contribution in [1.82, 2.24) is 33.2 Å². The topological polar surface area (TPSA) is 58.4 Å². The first kappa shape index (κ1) is 70.6. The molecule has 9 aromatic heterocycles. The van der Waals surface area contributed by atoms with Crippen LogP contribution in [-0.2, 0) is 0 Å². The maximum atomic E-state index is 5.10. The van der Waals surface area contributed by atoms with Crippen molar-refractivity contribution in [3.8, 4) is 67.3 Å². The van der Waals surface area contributed by atoms with Crippen LogP contribution in [0.5, 0.6) is 0 Å². The van der Waals surface area contributed by atoms with Crippen molar-refractivity contribution >= 4 is 241 Å². The van der Waals surface area contributed by atoms with Crippen LogP contribution in [0, 0.1) is 0 Å². The third-order valence-corrected chi connectivity index (χ3v) is 32.7. The standard InChI is InChI=1S/C45H27N3.2C37H20N2Se/c1-2-13-28(14-3-1)47-40-23-11-9-20-36(40)42-44-41(37-21-12-26-46-43(37)45(42)47)35-19-8-10-22-39(35)48(44)29-24-25-34-32-17-5-4-15-30(32)31-16-6-7-18-33(31)38(34)27-29;1-3-15-30-26(10-1)33-28-14-7-19-38-35(28)37-34(27-11-2-4-16-31(27)40-37)36(33)39(30)22-17-18-23-24-12-5-8-21-9-6-13-25(32(21)24)29(23)20-22;1-2-10-22-21(9-1)23-13-7-14-25-30(19-18-24(22)32(23)25)39-29-16-5-3-11-26(29)33-28-15-8-20-38-35(28)37-34(36(33)39)27-12-4-6-17-31(27)40-37/h1-27H;2*1-20H. The third kappa shape index (κ3) is 9.63. The van der Waals surface area contributed by atoms with Crippen molar-refractivity contribution in [3.63, 3.8) is 0 Å². The van der Waals surface area contributed by atoms with Crippen molar-refractivity contribution in [2.45, 2.75) is 0 Å². The van der Waals surface area contributed by atoms with Crippen molar-refractivity contribution in [1.29, 1.82) is 0 Å². The van der Waals surface area contributed by atoms with E-state index in [1.54, 1.807) is 0 Å². The molecule has 0 fully saturated rings. The molecule has 0 atom stereocenters. The number of hydrogen-bond donors (Lipinski definition) is 0. The van der Waals surface area contributed by atoms with Gasteiger partial charge in [-0.25, -0.2) is 0 Å². The molecule has 7 nitrogen and oxygen atoms in total. The fourth-order valence-corrected chi connectivity index (χ4v) is 27.9. The summed E-state index contributed by atoms with van der Waals surface area (Å²) >= 11 is 0.418. The first-order chi connectivity index (χ1) is 63.6. The summed E-state index contributed by atoms with van der Waals surface area (Å²) < 4.78 is 15.7. The van der Waals surface area contributed by atoms with Gasteiger partial charge >= 0.3 is 472 Å². The Bertz CT molecular complexity index is 9940. The molecule has 20 aromatic carbocycles. The van der Waals surface area contributed by atoms with E-state index in [2.05, 4.69) is 407 Å². The Balaban J connectivity index is 0.0000000956. The molecule has 0 spiro atoms. The SMILES string of the molecule is c1cc2c3c(cccc3c1)-c1cc(-n3c4ccccc4c4c5cccnc5c5[se]c6ccccc6c5c43)ccc1-2.c1ccc(-n2c3ccccc3c3c2c2ncccc2c2c4ccccc4n(-c4ccc5c6ccccc6c6ccccc6c5c4)c23)cc1.c1ccc2c(c1)-c1cccc3c(-n4c5ccccc5c5c6cccnc6c6[se]c7ccccc7c6c54)ccc-2c13. The van der Waals surface area contributed by atoms with Crippen LogP contribution in [-0.4, -0.2) is 62.2 Å². The second-order valence-corrected chi connectivity index (χ2v) is 38.5. The molecule has 29 aromatic rings. The molecule has 0 radical (unpaired) electrons. The van der Waals surface area contributed by atoms with Crippen LogP contribution in [0.15, 0.2) is 407 Å². The van der Waals surface area contributed by atoms with Crippen molar-refractivity contribution in [2.24, 2.45) is 0 Å². The second-order valence-electron chi connectivity index (χ2n) is 34.1. The molecule has 9 heteroatoms. The summed E-state index contributed by atoms with van der Waals surface area (Å²) in [6, 6.07) is 143. The zero-order valence-corrected chi connectivity index (χ0v) is 72.1.